The van der Waals surface area contributed by atoms with E-state index in [9.17, 15) is 9.59 Å². The van der Waals surface area contributed by atoms with Gasteiger partial charge >= 0.3 is 5.97 Å². The molecule has 0 aromatic heterocycles. The van der Waals surface area contributed by atoms with Crippen LogP contribution in [-0.4, -0.2) is 23.5 Å². The van der Waals surface area contributed by atoms with Gasteiger partial charge in [0.05, 0.1) is 0 Å². The van der Waals surface area contributed by atoms with Gasteiger partial charge in [0.25, 0.3) is 5.91 Å². The number of carboxylic acid groups (broad SMARTS) is 1. The summed E-state index contributed by atoms with van der Waals surface area (Å²) in [5, 5.41) is 11.4. The Morgan fingerprint density at radius 2 is 1.95 bits per heavy atom. The fourth-order valence-corrected chi connectivity index (χ4v) is 1.72. The van der Waals surface area contributed by atoms with Crippen LogP contribution in [0.4, 0.5) is 0 Å². The summed E-state index contributed by atoms with van der Waals surface area (Å²) < 4.78 is 0. The number of aryl methyl sites for hydroxylation is 2. The van der Waals surface area contributed by atoms with Gasteiger partial charge in [0.15, 0.2) is 0 Å². The maximum Gasteiger partial charge on any atom is 0.303 e. The Balaban J connectivity index is 2.46. The number of nitrogens with one attached hydrogen (secondary N) is 1. The highest BCUT2D eigenvalue weighted by Gasteiger charge is 2.09. The predicted molar refractivity (Wildman–Crippen MR) is 74.3 cm³/mol. The summed E-state index contributed by atoms with van der Waals surface area (Å²) in [4.78, 5) is 22.4. The molecule has 19 heavy (non-hydrogen) atoms. The lowest BCUT2D eigenvalue weighted by Crippen LogP contribution is -2.28. The third-order valence-corrected chi connectivity index (χ3v) is 3.23. The molecule has 0 spiro atoms. The Morgan fingerprint density at radius 3 is 2.53 bits per heavy atom. The van der Waals surface area contributed by atoms with E-state index in [0.29, 0.717) is 18.5 Å². The molecule has 0 aliphatic rings. The number of benzene rings is 1. The van der Waals surface area contributed by atoms with E-state index in [4.69, 9.17) is 5.11 Å². The van der Waals surface area contributed by atoms with Gasteiger partial charge in [-0.2, -0.15) is 0 Å². The topological polar surface area (TPSA) is 66.4 Å². The van der Waals surface area contributed by atoms with Crippen LogP contribution in [-0.2, 0) is 4.79 Å². The summed E-state index contributed by atoms with van der Waals surface area (Å²) in [5.41, 5.74) is 2.89. The van der Waals surface area contributed by atoms with Crippen molar-refractivity contribution in [2.75, 3.05) is 6.54 Å². The fourth-order valence-electron chi connectivity index (χ4n) is 1.72. The Morgan fingerprint density at radius 1 is 1.26 bits per heavy atom. The number of carbonyl (C=O) groups is 2. The van der Waals surface area contributed by atoms with Crippen LogP contribution >= 0.6 is 0 Å². The van der Waals surface area contributed by atoms with Crippen molar-refractivity contribution in [3.63, 3.8) is 0 Å². The molecule has 1 amide bonds. The molecule has 1 rings (SSSR count). The molecular weight excluding hydrogens is 242 g/mol. The molecular formula is C15H21NO3. The summed E-state index contributed by atoms with van der Waals surface area (Å²) in [7, 11) is 0. The van der Waals surface area contributed by atoms with Crippen molar-refractivity contribution in [1.29, 1.82) is 0 Å². The Hall–Kier alpha value is -1.84. The number of carboxylic acids is 1. The molecule has 0 radical (unpaired) electrons. The van der Waals surface area contributed by atoms with Crippen LogP contribution in [0.25, 0.3) is 0 Å². The van der Waals surface area contributed by atoms with Crippen LogP contribution in [0.3, 0.4) is 0 Å². The number of aliphatic carboxylic acids is 1. The van der Waals surface area contributed by atoms with Gasteiger partial charge in [-0.3, -0.25) is 9.59 Å². The second-order valence-corrected chi connectivity index (χ2v) is 5.05. The molecule has 1 aromatic carbocycles. The average molecular weight is 263 g/mol. The van der Waals surface area contributed by atoms with Crippen molar-refractivity contribution in [3.05, 3.63) is 34.9 Å². The Bertz CT molecular complexity index is 468. The number of hydrogen-bond donors (Lipinski definition) is 2. The maximum absolute atomic E-state index is 11.9. The van der Waals surface area contributed by atoms with Crippen LogP contribution in [0.5, 0.6) is 0 Å². The molecule has 104 valence electrons. The SMILES string of the molecule is Cc1ccc(C(=O)NCC(C)CCC(=O)O)cc1C. The van der Waals surface area contributed by atoms with E-state index < -0.39 is 5.97 Å². The van der Waals surface area contributed by atoms with Gasteiger partial charge in [-0.15, -0.1) is 0 Å². The first kappa shape index (κ1) is 15.2. The minimum atomic E-state index is -0.799. The van der Waals surface area contributed by atoms with Gasteiger partial charge < -0.3 is 10.4 Å². The van der Waals surface area contributed by atoms with Crippen LogP contribution in [0.1, 0.15) is 41.3 Å². The Labute approximate surface area is 113 Å². The van der Waals surface area contributed by atoms with Gasteiger partial charge in [0.2, 0.25) is 0 Å². The summed E-state index contributed by atoms with van der Waals surface area (Å²) in [5.74, 6) is -0.746. The van der Waals surface area contributed by atoms with Gasteiger partial charge in [-0.1, -0.05) is 13.0 Å². The number of carbonyl (C=O) groups excluding carboxylic acids is 1. The summed E-state index contributed by atoms with van der Waals surface area (Å²) in [6.45, 7) is 6.41. The van der Waals surface area contributed by atoms with Crippen molar-refractivity contribution in [3.8, 4) is 0 Å². The highest BCUT2D eigenvalue weighted by atomic mass is 16.4. The molecule has 4 nitrogen and oxygen atoms in total. The zero-order chi connectivity index (χ0) is 14.4. The molecule has 1 unspecified atom stereocenters. The van der Waals surface area contributed by atoms with E-state index in [1.165, 1.54) is 0 Å². The van der Waals surface area contributed by atoms with Gasteiger partial charge in [-0.25, -0.2) is 0 Å². The minimum absolute atomic E-state index is 0.106. The first-order valence-corrected chi connectivity index (χ1v) is 6.47. The standard InChI is InChI=1S/C15H21NO3/c1-10(4-7-14(17)18)9-16-15(19)13-6-5-11(2)12(3)8-13/h5-6,8,10H,4,7,9H2,1-3H3,(H,16,19)(H,17,18). The zero-order valence-electron chi connectivity index (χ0n) is 11.7. The molecule has 0 saturated carbocycles. The van der Waals surface area contributed by atoms with Crippen molar-refractivity contribution >= 4 is 11.9 Å². The molecule has 0 saturated heterocycles. The lowest BCUT2D eigenvalue weighted by molar-refractivity contribution is -0.137. The maximum atomic E-state index is 11.9. The second kappa shape index (κ2) is 6.92. The fraction of sp³-hybridized carbons (Fsp3) is 0.467. The van der Waals surface area contributed by atoms with E-state index in [-0.39, 0.29) is 18.2 Å². The number of rotatable bonds is 6. The van der Waals surface area contributed by atoms with Crippen LogP contribution in [0.2, 0.25) is 0 Å². The normalized spacial score (nSPS) is 11.9. The highest BCUT2D eigenvalue weighted by molar-refractivity contribution is 5.94. The smallest absolute Gasteiger partial charge is 0.303 e. The van der Waals surface area contributed by atoms with Crippen LogP contribution in [0.15, 0.2) is 18.2 Å². The molecule has 2 N–H and O–H groups in total. The van der Waals surface area contributed by atoms with Gasteiger partial charge in [0.1, 0.15) is 0 Å². The third kappa shape index (κ3) is 5.12. The summed E-state index contributed by atoms with van der Waals surface area (Å²) in [6, 6.07) is 5.60. The lowest BCUT2D eigenvalue weighted by atomic mass is 10.0. The van der Waals surface area contributed by atoms with E-state index in [1.807, 2.05) is 32.9 Å². The van der Waals surface area contributed by atoms with Crippen molar-refractivity contribution in [2.24, 2.45) is 5.92 Å². The van der Waals surface area contributed by atoms with E-state index in [1.54, 1.807) is 6.07 Å². The van der Waals surface area contributed by atoms with Crippen LogP contribution < -0.4 is 5.32 Å². The molecule has 0 fully saturated rings. The number of amides is 1. The molecule has 0 bridgehead atoms. The number of hydrogen-bond acceptors (Lipinski definition) is 2. The zero-order valence-corrected chi connectivity index (χ0v) is 11.7. The largest absolute Gasteiger partial charge is 0.481 e. The van der Waals surface area contributed by atoms with Crippen molar-refractivity contribution in [1.82, 2.24) is 5.32 Å². The summed E-state index contributed by atoms with van der Waals surface area (Å²) >= 11 is 0. The second-order valence-electron chi connectivity index (χ2n) is 5.05. The quantitative estimate of drug-likeness (QED) is 0.828. The van der Waals surface area contributed by atoms with Gasteiger partial charge in [-0.05, 0) is 49.4 Å². The molecule has 4 heteroatoms. The van der Waals surface area contributed by atoms with Crippen LogP contribution in [0, 0.1) is 19.8 Å². The molecule has 1 aromatic rings. The first-order valence-electron chi connectivity index (χ1n) is 6.47. The van der Waals surface area contributed by atoms with E-state index >= 15 is 0 Å². The predicted octanol–water partition coefficient (Wildman–Crippen LogP) is 2.53. The van der Waals surface area contributed by atoms with Crippen molar-refractivity contribution in [2.45, 2.75) is 33.6 Å². The average Bonchev–Trinajstić information content (AvgIpc) is 2.36. The Kier molecular flexibility index (Phi) is 5.55. The van der Waals surface area contributed by atoms with E-state index in [2.05, 4.69) is 5.32 Å². The van der Waals surface area contributed by atoms with E-state index in [0.717, 1.165) is 11.1 Å². The molecule has 0 heterocycles. The first-order chi connectivity index (χ1) is 8.90. The minimum Gasteiger partial charge on any atom is -0.481 e. The molecule has 0 aliphatic carbocycles. The lowest BCUT2D eigenvalue weighted by Gasteiger charge is -2.12. The molecule has 1 atom stereocenters. The third-order valence-electron chi connectivity index (χ3n) is 3.23. The molecule has 0 aliphatic heterocycles. The highest BCUT2D eigenvalue weighted by Crippen LogP contribution is 2.10. The van der Waals surface area contributed by atoms with Crippen molar-refractivity contribution < 1.29 is 14.7 Å². The van der Waals surface area contributed by atoms with Gasteiger partial charge in [0, 0.05) is 18.5 Å². The monoisotopic (exact) mass is 263 g/mol. The summed E-state index contributed by atoms with van der Waals surface area (Å²) in [6.07, 6.45) is 0.712.